The fourth-order valence-electron chi connectivity index (χ4n) is 5.09. The van der Waals surface area contributed by atoms with E-state index in [1.807, 2.05) is 0 Å². The number of nitrogens with two attached hydrogens (primary N) is 2. The highest BCUT2D eigenvalue weighted by Crippen LogP contribution is 2.54. The number of aliphatic hydroxyl groups is 4. The Morgan fingerprint density at radius 1 is 1.13 bits per heavy atom. The molecule has 1 fully saturated rings. The quantitative estimate of drug-likeness (QED) is 0.219. The Morgan fingerprint density at radius 2 is 1.77 bits per heavy atom. The van der Waals surface area contributed by atoms with Gasteiger partial charge in [0.05, 0.1) is 23.6 Å². The molecule has 3 aliphatic carbocycles. The van der Waals surface area contributed by atoms with Crippen LogP contribution in [-0.2, 0) is 14.4 Å². The van der Waals surface area contributed by atoms with E-state index in [0.717, 1.165) is 0 Å². The van der Waals surface area contributed by atoms with Crippen molar-refractivity contribution < 1.29 is 39.9 Å². The Hall–Kier alpha value is -3.21. The first-order valence-electron chi connectivity index (χ1n) is 9.20. The lowest BCUT2D eigenvalue weighted by atomic mass is 9.54. The molecule has 1 amide bonds. The highest BCUT2D eigenvalue weighted by atomic mass is 16.3. The van der Waals surface area contributed by atoms with Crippen LogP contribution in [0.5, 0.6) is 5.75 Å². The summed E-state index contributed by atoms with van der Waals surface area (Å²) in [5, 5.41) is 53.5. The van der Waals surface area contributed by atoms with Crippen LogP contribution in [0.25, 0.3) is 5.76 Å². The van der Waals surface area contributed by atoms with Crippen molar-refractivity contribution in [1.29, 1.82) is 0 Å². The number of primary amides is 1. The van der Waals surface area contributed by atoms with Crippen LogP contribution in [0.4, 0.5) is 0 Å². The van der Waals surface area contributed by atoms with Gasteiger partial charge in [-0.1, -0.05) is 19.1 Å². The second-order valence-electron chi connectivity index (χ2n) is 7.91. The summed E-state index contributed by atoms with van der Waals surface area (Å²) in [6.07, 6.45) is -1.66. The number of hydrogen-bond acceptors (Lipinski definition) is 9. The SMILES string of the molecule is C[C@H]1c2cccc(O)c2C(O)=C2C(=O)[C@]3(O)C(=O)C(C(N)=O)=C(O)[C@@H](N)[C@@H]3[C@@H](O)[C@@H]21. The number of aromatic hydroxyl groups is 1. The number of carbonyl (C=O) groups excluding carboxylic acids is 3. The third-order valence-corrected chi connectivity index (χ3v) is 6.52. The minimum atomic E-state index is -3.03. The number of phenols is 1. The molecule has 6 atom stereocenters. The summed E-state index contributed by atoms with van der Waals surface area (Å²) in [7, 11) is 0. The van der Waals surface area contributed by atoms with Crippen molar-refractivity contribution >= 4 is 23.2 Å². The molecule has 0 radical (unpaired) electrons. The van der Waals surface area contributed by atoms with Crippen molar-refractivity contribution in [3.63, 3.8) is 0 Å². The highest BCUT2D eigenvalue weighted by Gasteiger charge is 2.68. The van der Waals surface area contributed by atoms with E-state index >= 15 is 0 Å². The van der Waals surface area contributed by atoms with Gasteiger partial charge in [0.25, 0.3) is 5.91 Å². The van der Waals surface area contributed by atoms with Crippen LogP contribution in [0.2, 0.25) is 0 Å². The standard InChI is InChI=1S/C20H20N2O8/c1-5-6-3-2-4-7(23)9(6)14(24)10-8(5)15(25)12-13(21)16(26)11(19(22)29)18(28)20(12,30)17(10)27/h2-5,8,12-13,15,23-26,30H,21H2,1H3,(H2,22,29)/t5-,8+,12+,13-,15-,20-/m0/s1. The van der Waals surface area contributed by atoms with E-state index in [-0.39, 0.29) is 11.3 Å². The number of hydrogen-bond donors (Lipinski definition) is 7. The topological polar surface area (TPSA) is 204 Å². The van der Waals surface area contributed by atoms with Crippen LogP contribution in [0.15, 0.2) is 35.1 Å². The number of ketones is 2. The molecule has 10 nitrogen and oxygen atoms in total. The van der Waals surface area contributed by atoms with Crippen LogP contribution < -0.4 is 11.5 Å². The van der Waals surface area contributed by atoms with E-state index in [4.69, 9.17) is 11.5 Å². The van der Waals surface area contributed by atoms with Gasteiger partial charge >= 0.3 is 0 Å². The van der Waals surface area contributed by atoms with Gasteiger partial charge in [0.1, 0.15) is 22.8 Å². The van der Waals surface area contributed by atoms with Gasteiger partial charge < -0.3 is 37.0 Å². The van der Waals surface area contributed by atoms with E-state index in [0.29, 0.717) is 5.56 Å². The van der Waals surface area contributed by atoms with E-state index in [9.17, 15) is 39.9 Å². The number of aliphatic hydroxyl groups excluding tert-OH is 3. The minimum Gasteiger partial charge on any atom is -0.510 e. The van der Waals surface area contributed by atoms with E-state index in [1.54, 1.807) is 13.0 Å². The lowest BCUT2D eigenvalue weighted by molar-refractivity contribution is -0.170. The summed E-state index contributed by atoms with van der Waals surface area (Å²) in [6.45, 7) is 1.64. The zero-order chi connectivity index (χ0) is 22.3. The van der Waals surface area contributed by atoms with Crippen molar-refractivity contribution in [2.45, 2.75) is 30.6 Å². The first-order chi connectivity index (χ1) is 14.0. The molecule has 1 aromatic carbocycles. The largest absolute Gasteiger partial charge is 0.510 e. The van der Waals surface area contributed by atoms with E-state index in [2.05, 4.69) is 0 Å². The third-order valence-electron chi connectivity index (χ3n) is 6.52. The Labute approximate surface area is 169 Å². The number of rotatable bonds is 1. The molecule has 30 heavy (non-hydrogen) atoms. The lowest BCUT2D eigenvalue weighted by Crippen LogP contribution is -2.71. The van der Waals surface area contributed by atoms with Gasteiger partial charge in [-0.25, -0.2) is 0 Å². The number of amides is 1. The number of fused-ring (bicyclic) bond motifs is 3. The van der Waals surface area contributed by atoms with Crippen LogP contribution in [0.3, 0.4) is 0 Å². The van der Waals surface area contributed by atoms with Crippen molar-refractivity contribution in [2.24, 2.45) is 23.3 Å². The Morgan fingerprint density at radius 3 is 2.37 bits per heavy atom. The first kappa shape index (κ1) is 20.1. The Bertz CT molecular complexity index is 1090. The predicted molar refractivity (Wildman–Crippen MR) is 101 cm³/mol. The zero-order valence-electron chi connectivity index (χ0n) is 15.7. The van der Waals surface area contributed by atoms with Crippen molar-refractivity contribution in [3.8, 4) is 5.75 Å². The minimum absolute atomic E-state index is 0.0556. The van der Waals surface area contributed by atoms with Crippen LogP contribution in [0.1, 0.15) is 24.0 Å². The Balaban J connectivity index is 2.02. The third kappa shape index (κ3) is 2.15. The van der Waals surface area contributed by atoms with Gasteiger partial charge in [-0.3, -0.25) is 14.4 Å². The fraction of sp³-hybridized carbons (Fsp3) is 0.350. The number of carbonyl (C=O) groups is 3. The molecule has 0 heterocycles. The molecule has 9 N–H and O–H groups in total. The van der Waals surface area contributed by atoms with Crippen molar-refractivity contribution in [2.75, 3.05) is 0 Å². The zero-order valence-corrected chi connectivity index (χ0v) is 15.7. The average Bonchev–Trinajstić information content (AvgIpc) is 2.67. The highest BCUT2D eigenvalue weighted by molar-refractivity contribution is 6.33. The molecule has 0 unspecified atom stereocenters. The summed E-state index contributed by atoms with van der Waals surface area (Å²) >= 11 is 0. The van der Waals surface area contributed by atoms with Gasteiger partial charge in [0.2, 0.25) is 11.6 Å². The first-order valence-corrected chi connectivity index (χ1v) is 9.20. The molecule has 0 aromatic heterocycles. The van der Waals surface area contributed by atoms with Gasteiger partial charge in [0.15, 0.2) is 5.60 Å². The molecule has 0 aliphatic heterocycles. The maximum atomic E-state index is 13.4. The van der Waals surface area contributed by atoms with Gasteiger partial charge in [-0.2, -0.15) is 0 Å². The molecule has 10 heteroatoms. The smallest absolute Gasteiger partial charge is 0.255 e. The van der Waals surface area contributed by atoms with Crippen LogP contribution >= 0.6 is 0 Å². The average molecular weight is 416 g/mol. The lowest BCUT2D eigenvalue weighted by Gasteiger charge is -2.51. The van der Waals surface area contributed by atoms with Crippen molar-refractivity contribution in [3.05, 3.63) is 46.2 Å². The summed E-state index contributed by atoms with van der Waals surface area (Å²) in [6, 6.07) is 2.77. The second kappa shape index (κ2) is 6.14. The monoisotopic (exact) mass is 416 g/mol. The molecule has 4 rings (SSSR count). The van der Waals surface area contributed by atoms with E-state index in [1.165, 1.54) is 12.1 Å². The number of benzene rings is 1. The van der Waals surface area contributed by atoms with Crippen LogP contribution in [-0.4, -0.2) is 60.8 Å². The molecule has 1 saturated carbocycles. The molecule has 158 valence electrons. The van der Waals surface area contributed by atoms with Crippen LogP contribution in [0, 0.1) is 11.8 Å². The fourth-order valence-corrected chi connectivity index (χ4v) is 5.09. The molecular formula is C20H20N2O8. The van der Waals surface area contributed by atoms with Gasteiger partial charge in [-0.05, 0) is 17.5 Å². The van der Waals surface area contributed by atoms with Gasteiger partial charge in [-0.15, -0.1) is 0 Å². The van der Waals surface area contributed by atoms with Crippen molar-refractivity contribution in [1.82, 2.24) is 0 Å². The maximum Gasteiger partial charge on any atom is 0.255 e. The molecule has 3 aliphatic rings. The van der Waals surface area contributed by atoms with Gasteiger partial charge in [0, 0.05) is 11.5 Å². The predicted octanol–water partition coefficient (Wildman–Crippen LogP) is -1.11. The number of Topliss-reactive ketones (excluding diaryl/α,β-unsaturated/α-hetero) is 2. The van der Waals surface area contributed by atoms with E-state index < -0.39 is 75.6 Å². The number of phenolic OH excluding ortho intramolecular Hbond substituents is 1. The molecule has 0 saturated heterocycles. The molecule has 0 bridgehead atoms. The maximum absolute atomic E-state index is 13.4. The summed E-state index contributed by atoms with van der Waals surface area (Å²) in [4.78, 5) is 38.0. The Kier molecular flexibility index (Phi) is 4.11. The molecule has 1 aromatic rings. The molecular weight excluding hydrogens is 396 g/mol. The molecule has 0 spiro atoms. The summed E-state index contributed by atoms with van der Waals surface area (Å²) in [5.41, 5.74) is 6.90. The second-order valence-corrected chi connectivity index (χ2v) is 7.91. The normalized spacial score (nSPS) is 35.7. The summed E-state index contributed by atoms with van der Waals surface area (Å²) in [5.74, 6) is -9.54. The summed E-state index contributed by atoms with van der Waals surface area (Å²) < 4.78 is 0.